The first-order valence-corrected chi connectivity index (χ1v) is 11.7. The van der Waals surface area contributed by atoms with Gasteiger partial charge < -0.3 is 34.0 Å². The molecule has 0 aromatic heterocycles. The molecule has 2 aliphatic heterocycles. The van der Waals surface area contributed by atoms with Gasteiger partial charge in [-0.15, -0.1) is 0 Å². The number of β-lactam (4-membered cyclic amide) rings is 1. The molecule has 2 heterocycles. The van der Waals surface area contributed by atoms with Crippen LogP contribution in [0.4, 0.5) is 9.59 Å². The van der Waals surface area contributed by atoms with E-state index in [0.717, 1.165) is 0 Å². The van der Waals surface area contributed by atoms with Crippen LogP contribution in [-0.4, -0.2) is 103 Å². The minimum atomic E-state index is -0.856. The maximum absolute atomic E-state index is 12.8. The van der Waals surface area contributed by atoms with Gasteiger partial charge in [0.1, 0.15) is 25.5 Å². The number of aliphatic hydroxyl groups excluding tert-OH is 1. The third-order valence-corrected chi connectivity index (χ3v) is 5.95. The number of ether oxygens (including phenoxy) is 3. The third-order valence-electron chi connectivity index (χ3n) is 5.95. The molecule has 1 fully saturated rings. The van der Waals surface area contributed by atoms with E-state index in [0.29, 0.717) is 12.0 Å². The van der Waals surface area contributed by atoms with Gasteiger partial charge in [0, 0.05) is 26.7 Å². The summed E-state index contributed by atoms with van der Waals surface area (Å²) in [5, 5.41) is 10.0. The second-order valence-electron chi connectivity index (χ2n) is 8.48. The van der Waals surface area contributed by atoms with Crippen LogP contribution in [0.15, 0.2) is 49.2 Å². The van der Waals surface area contributed by atoms with Gasteiger partial charge in [0.2, 0.25) is 5.91 Å². The molecule has 2 rings (SSSR count). The highest BCUT2D eigenvalue weighted by molar-refractivity contribution is 6.00. The summed E-state index contributed by atoms with van der Waals surface area (Å²) >= 11 is 0. The summed E-state index contributed by atoms with van der Waals surface area (Å²) < 4.78 is 15.4. The minimum absolute atomic E-state index is 0.00873. The maximum atomic E-state index is 12.8. The molecule has 11 heteroatoms. The zero-order chi connectivity index (χ0) is 26.8. The Morgan fingerprint density at radius 1 is 1.03 bits per heavy atom. The number of fused-ring (bicyclic) bond motifs is 1. The second kappa shape index (κ2) is 13.5. The van der Waals surface area contributed by atoms with Crippen molar-refractivity contribution in [3.05, 3.63) is 49.2 Å². The molecule has 11 nitrogen and oxygen atoms in total. The number of hydrogen-bond acceptors (Lipinski definition) is 8. The lowest BCUT2D eigenvalue weighted by Gasteiger charge is -2.44. The lowest BCUT2D eigenvalue weighted by Crippen LogP contribution is -2.61. The van der Waals surface area contributed by atoms with Crippen molar-refractivity contribution in [2.24, 2.45) is 5.92 Å². The fourth-order valence-electron chi connectivity index (χ4n) is 4.16. The molecule has 198 valence electrons. The zero-order valence-electron chi connectivity index (χ0n) is 20.9. The Kier molecular flexibility index (Phi) is 10.7. The summed E-state index contributed by atoms with van der Waals surface area (Å²) in [5.74, 6) is -1.60. The Labute approximate surface area is 211 Å². The van der Waals surface area contributed by atoms with Crippen LogP contribution in [0.1, 0.15) is 19.8 Å². The van der Waals surface area contributed by atoms with Crippen LogP contribution in [0.25, 0.3) is 0 Å². The first kappa shape index (κ1) is 28.6. The molecule has 2 aliphatic rings. The molecule has 36 heavy (non-hydrogen) atoms. The number of hydrogen-bond donors (Lipinski definition) is 1. The largest absolute Gasteiger partial charge is 0.457 e. The van der Waals surface area contributed by atoms with Crippen LogP contribution >= 0.6 is 0 Å². The molecule has 0 bridgehead atoms. The van der Waals surface area contributed by atoms with Gasteiger partial charge in [-0.3, -0.25) is 4.79 Å². The van der Waals surface area contributed by atoms with Crippen LogP contribution < -0.4 is 0 Å². The highest BCUT2D eigenvalue weighted by Gasteiger charge is 2.56. The first-order valence-electron chi connectivity index (χ1n) is 11.7. The van der Waals surface area contributed by atoms with E-state index >= 15 is 0 Å². The van der Waals surface area contributed by atoms with Gasteiger partial charge >= 0.3 is 18.2 Å². The maximum Gasteiger partial charge on any atom is 0.410 e. The number of aliphatic hydroxyl groups is 1. The van der Waals surface area contributed by atoms with Crippen molar-refractivity contribution >= 4 is 24.1 Å². The average Bonchev–Trinajstić information content (AvgIpc) is 3.17. The number of nitrogens with zero attached hydrogens (tertiary/aromatic N) is 3. The molecule has 0 unspecified atom stereocenters. The average molecular weight is 506 g/mol. The molecule has 0 radical (unpaired) electrons. The summed E-state index contributed by atoms with van der Waals surface area (Å²) in [6.07, 6.45) is 2.93. The van der Waals surface area contributed by atoms with E-state index in [1.165, 1.54) is 32.9 Å². The van der Waals surface area contributed by atoms with Crippen molar-refractivity contribution in [3.63, 3.8) is 0 Å². The quantitative estimate of drug-likeness (QED) is 0.164. The van der Waals surface area contributed by atoms with E-state index in [2.05, 4.69) is 19.7 Å². The SMILES string of the molecule is C=CCOC(=O)C1=C(CCN(CCN(C)C(=O)OCC=C)C(=O)OCC=C)C[C@@H]2[C@@H]([C@@H](C)O)C(=O)N12. The normalized spacial score (nSPS) is 19.0. The molecule has 0 aromatic rings. The topological polar surface area (TPSA) is 126 Å². The molecule has 0 saturated carbocycles. The smallest absolute Gasteiger partial charge is 0.410 e. The third kappa shape index (κ3) is 6.75. The van der Waals surface area contributed by atoms with Crippen LogP contribution in [-0.2, 0) is 23.8 Å². The summed E-state index contributed by atoms with van der Waals surface area (Å²) in [6, 6.07) is -0.342. The van der Waals surface area contributed by atoms with Crippen molar-refractivity contribution in [2.75, 3.05) is 46.5 Å². The lowest BCUT2D eigenvalue weighted by atomic mass is 9.83. The van der Waals surface area contributed by atoms with E-state index in [1.54, 1.807) is 14.0 Å². The van der Waals surface area contributed by atoms with E-state index in [1.807, 2.05) is 0 Å². The lowest BCUT2D eigenvalue weighted by molar-refractivity contribution is -0.162. The second-order valence-corrected chi connectivity index (χ2v) is 8.48. The van der Waals surface area contributed by atoms with Gasteiger partial charge in [0.15, 0.2) is 0 Å². The Balaban J connectivity index is 2.16. The van der Waals surface area contributed by atoms with Crippen molar-refractivity contribution in [2.45, 2.75) is 31.9 Å². The monoisotopic (exact) mass is 505 g/mol. The van der Waals surface area contributed by atoms with E-state index < -0.39 is 30.2 Å². The Morgan fingerprint density at radius 3 is 2.19 bits per heavy atom. The summed E-state index contributed by atoms with van der Waals surface area (Å²) in [5.41, 5.74) is 0.791. The van der Waals surface area contributed by atoms with Crippen LogP contribution in [0.3, 0.4) is 0 Å². The molecule has 0 aromatic carbocycles. The number of likely N-dealkylation sites (N-methyl/N-ethyl adjacent to an activating group) is 1. The minimum Gasteiger partial charge on any atom is -0.457 e. The molecule has 3 amide bonds. The van der Waals surface area contributed by atoms with Crippen LogP contribution in [0.5, 0.6) is 0 Å². The van der Waals surface area contributed by atoms with Crippen molar-refractivity contribution in [1.29, 1.82) is 0 Å². The predicted octanol–water partition coefficient (Wildman–Crippen LogP) is 1.85. The molecule has 0 spiro atoms. The van der Waals surface area contributed by atoms with Crippen LogP contribution in [0.2, 0.25) is 0 Å². The summed E-state index contributed by atoms with van der Waals surface area (Å²) in [7, 11) is 1.54. The van der Waals surface area contributed by atoms with Gasteiger partial charge in [-0.2, -0.15) is 0 Å². The van der Waals surface area contributed by atoms with Gasteiger partial charge in [-0.25, -0.2) is 14.4 Å². The van der Waals surface area contributed by atoms with E-state index in [9.17, 15) is 24.3 Å². The number of esters is 1. The van der Waals surface area contributed by atoms with Crippen molar-refractivity contribution in [3.8, 4) is 0 Å². The molecule has 3 atom stereocenters. The molecular formula is C25H35N3O8. The van der Waals surface area contributed by atoms with E-state index in [4.69, 9.17) is 14.2 Å². The van der Waals surface area contributed by atoms with Gasteiger partial charge in [-0.05, 0) is 25.3 Å². The highest BCUT2D eigenvalue weighted by atomic mass is 16.6. The highest BCUT2D eigenvalue weighted by Crippen LogP contribution is 2.44. The van der Waals surface area contributed by atoms with Crippen LogP contribution in [0, 0.1) is 5.92 Å². The molecular weight excluding hydrogens is 470 g/mol. The van der Waals surface area contributed by atoms with Crippen molar-refractivity contribution in [1.82, 2.24) is 14.7 Å². The molecule has 1 N–H and O–H groups in total. The van der Waals surface area contributed by atoms with Gasteiger partial charge in [0.05, 0.1) is 18.1 Å². The molecule has 0 aliphatic carbocycles. The first-order chi connectivity index (χ1) is 17.2. The number of carbonyl (C=O) groups is 4. The zero-order valence-corrected chi connectivity index (χ0v) is 20.9. The fraction of sp³-hybridized carbons (Fsp3) is 0.520. The number of rotatable bonds is 14. The Morgan fingerprint density at radius 2 is 1.61 bits per heavy atom. The summed E-state index contributed by atoms with van der Waals surface area (Å²) in [6.45, 7) is 12.6. The van der Waals surface area contributed by atoms with E-state index in [-0.39, 0.29) is 63.5 Å². The number of amides is 3. The Bertz CT molecular complexity index is 913. The number of carbonyl (C=O) groups excluding carboxylic acids is 4. The van der Waals surface area contributed by atoms with Gasteiger partial charge in [-0.1, -0.05) is 38.0 Å². The summed E-state index contributed by atoms with van der Waals surface area (Å²) in [4.78, 5) is 54.2. The Hall–Kier alpha value is -3.60. The van der Waals surface area contributed by atoms with Gasteiger partial charge in [0.25, 0.3) is 0 Å². The fourth-order valence-corrected chi connectivity index (χ4v) is 4.16. The molecule has 1 saturated heterocycles. The van der Waals surface area contributed by atoms with Crippen molar-refractivity contribution < 1.29 is 38.5 Å². The standard InChI is InChI=1S/C25H35N3O8/c1-6-13-34-23(31)21-18(16-19-20(17(4)29)22(30)28(19)21)9-10-27(25(33)36-15-8-3)12-11-26(5)24(32)35-14-7-2/h6-8,17,19-20,29H,1-3,9-16H2,4-5H3/t17-,19-,20-/m1/s1. The predicted molar refractivity (Wildman–Crippen MR) is 131 cm³/mol.